The number of Topliss-reactive ketones (excluding diaryl/α,β-unsaturated/α-hetero) is 1. The summed E-state index contributed by atoms with van der Waals surface area (Å²) in [6.45, 7) is 1.55. The normalized spacial score (nSPS) is 10.4. The van der Waals surface area contributed by atoms with Crippen molar-refractivity contribution in [2.24, 2.45) is 0 Å². The highest BCUT2D eigenvalue weighted by Gasteiger charge is 2.12. The van der Waals surface area contributed by atoms with Crippen molar-refractivity contribution in [1.82, 2.24) is 9.97 Å². The Labute approximate surface area is 174 Å². The average molecular weight is 409 g/mol. The van der Waals surface area contributed by atoms with Crippen LogP contribution in [0.2, 0.25) is 5.02 Å². The van der Waals surface area contributed by atoms with E-state index < -0.39 is 0 Å². The SMILES string of the molecule is CC(=O)c1cccc(Nc2nc(-c3ccccc3Cl)nc3ccccc23)c1.[Cl-]. The smallest absolute Gasteiger partial charge is 0.163 e. The van der Waals surface area contributed by atoms with Crippen molar-refractivity contribution in [2.45, 2.75) is 6.92 Å². The third kappa shape index (κ3) is 3.98. The Hall–Kier alpha value is -2.95. The van der Waals surface area contributed by atoms with Gasteiger partial charge in [0.15, 0.2) is 11.6 Å². The van der Waals surface area contributed by atoms with Gasteiger partial charge >= 0.3 is 0 Å². The first-order chi connectivity index (χ1) is 13.1. The van der Waals surface area contributed by atoms with Gasteiger partial charge in [0.2, 0.25) is 0 Å². The standard InChI is InChI=1S/C22H16ClN3O.ClH/c1-14(27)15-7-6-8-16(13-15)24-22-18-10-3-5-12-20(18)25-21(26-22)17-9-2-4-11-19(17)23;/h2-13H,1H3,(H,24,25,26);1H/p-1. The molecule has 0 amide bonds. The van der Waals surface area contributed by atoms with Crippen molar-refractivity contribution in [3.63, 3.8) is 0 Å². The van der Waals surface area contributed by atoms with Crippen LogP contribution in [0.15, 0.2) is 72.8 Å². The first-order valence-corrected chi connectivity index (χ1v) is 8.89. The van der Waals surface area contributed by atoms with E-state index in [0.29, 0.717) is 22.2 Å². The lowest BCUT2D eigenvalue weighted by molar-refractivity contribution is -0.0000133. The van der Waals surface area contributed by atoms with Crippen molar-refractivity contribution in [1.29, 1.82) is 0 Å². The fourth-order valence-corrected chi connectivity index (χ4v) is 3.11. The number of hydrogen-bond donors (Lipinski definition) is 1. The molecule has 6 heteroatoms. The molecule has 0 aliphatic heterocycles. The molecule has 0 atom stereocenters. The molecule has 1 N–H and O–H groups in total. The molecule has 0 aliphatic rings. The maximum Gasteiger partial charge on any atom is 0.163 e. The summed E-state index contributed by atoms with van der Waals surface area (Å²) in [5.41, 5.74) is 3.01. The number of carbonyl (C=O) groups excluding carboxylic acids is 1. The van der Waals surface area contributed by atoms with Gasteiger partial charge in [0.05, 0.1) is 10.5 Å². The van der Waals surface area contributed by atoms with Crippen LogP contribution in [0.3, 0.4) is 0 Å². The van der Waals surface area contributed by atoms with E-state index in [-0.39, 0.29) is 18.2 Å². The second-order valence-corrected chi connectivity index (χ2v) is 6.56. The van der Waals surface area contributed by atoms with Gasteiger partial charge in [-0.2, -0.15) is 0 Å². The van der Waals surface area contributed by atoms with Crippen LogP contribution in [0, 0.1) is 0 Å². The van der Waals surface area contributed by atoms with Gasteiger partial charge in [0.25, 0.3) is 0 Å². The summed E-state index contributed by atoms with van der Waals surface area (Å²) in [5.74, 6) is 1.23. The maximum atomic E-state index is 11.7. The number of rotatable bonds is 4. The monoisotopic (exact) mass is 408 g/mol. The molecular weight excluding hydrogens is 393 g/mol. The molecule has 4 nitrogen and oxygen atoms in total. The highest BCUT2D eigenvalue weighted by atomic mass is 35.5. The fourth-order valence-electron chi connectivity index (χ4n) is 2.89. The molecule has 0 bridgehead atoms. The van der Waals surface area contributed by atoms with E-state index in [9.17, 15) is 4.79 Å². The zero-order chi connectivity index (χ0) is 18.8. The number of hydrogen-bond acceptors (Lipinski definition) is 4. The van der Waals surface area contributed by atoms with Crippen molar-refractivity contribution in [3.05, 3.63) is 83.4 Å². The van der Waals surface area contributed by atoms with Crippen LogP contribution in [-0.4, -0.2) is 15.8 Å². The third-order valence-corrected chi connectivity index (χ3v) is 4.58. The number of benzene rings is 3. The highest BCUT2D eigenvalue weighted by molar-refractivity contribution is 6.33. The fraction of sp³-hybridized carbons (Fsp3) is 0.0455. The van der Waals surface area contributed by atoms with E-state index in [4.69, 9.17) is 16.6 Å². The van der Waals surface area contributed by atoms with Crippen molar-refractivity contribution < 1.29 is 17.2 Å². The summed E-state index contributed by atoms with van der Waals surface area (Å²) in [6, 6.07) is 22.6. The summed E-state index contributed by atoms with van der Waals surface area (Å²) < 4.78 is 0. The minimum absolute atomic E-state index is 0. The first-order valence-electron chi connectivity index (χ1n) is 8.51. The Bertz CT molecular complexity index is 1160. The van der Waals surface area contributed by atoms with Crippen LogP contribution in [-0.2, 0) is 0 Å². The van der Waals surface area contributed by atoms with E-state index in [1.165, 1.54) is 0 Å². The van der Waals surface area contributed by atoms with E-state index in [0.717, 1.165) is 22.2 Å². The highest BCUT2D eigenvalue weighted by Crippen LogP contribution is 2.30. The number of carbonyl (C=O) groups is 1. The van der Waals surface area contributed by atoms with Crippen LogP contribution >= 0.6 is 11.6 Å². The summed E-state index contributed by atoms with van der Waals surface area (Å²) in [4.78, 5) is 21.0. The molecular formula is C22H16Cl2N3O-. The van der Waals surface area contributed by atoms with E-state index in [2.05, 4.69) is 10.3 Å². The number of para-hydroxylation sites is 1. The molecule has 0 saturated carbocycles. The number of aromatic nitrogens is 2. The lowest BCUT2D eigenvalue weighted by Crippen LogP contribution is -3.00. The number of anilines is 2. The lowest BCUT2D eigenvalue weighted by Gasteiger charge is -2.12. The van der Waals surface area contributed by atoms with Gasteiger partial charge in [-0.1, -0.05) is 48.0 Å². The predicted molar refractivity (Wildman–Crippen MR) is 110 cm³/mol. The number of ketones is 1. The topological polar surface area (TPSA) is 54.9 Å². The second-order valence-electron chi connectivity index (χ2n) is 6.15. The zero-order valence-electron chi connectivity index (χ0n) is 15.0. The van der Waals surface area contributed by atoms with Crippen LogP contribution in [0.5, 0.6) is 0 Å². The molecule has 4 aromatic rings. The quantitative estimate of drug-likeness (QED) is 0.527. The molecule has 4 rings (SSSR count). The van der Waals surface area contributed by atoms with Gasteiger partial charge in [-0.3, -0.25) is 4.79 Å². The summed E-state index contributed by atoms with van der Waals surface area (Å²) >= 11 is 6.34. The van der Waals surface area contributed by atoms with Crippen LogP contribution in [0.1, 0.15) is 17.3 Å². The Morgan fingerprint density at radius 3 is 2.46 bits per heavy atom. The van der Waals surface area contributed by atoms with E-state index in [1.807, 2.05) is 66.7 Å². The largest absolute Gasteiger partial charge is 1.00 e. The molecule has 0 spiro atoms. The molecule has 0 unspecified atom stereocenters. The Balaban J connectivity index is 0.00000225. The van der Waals surface area contributed by atoms with Crippen LogP contribution < -0.4 is 17.7 Å². The molecule has 28 heavy (non-hydrogen) atoms. The summed E-state index contributed by atoms with van der Waals surface area (Å²) in [7, 11) is 0. The molecule has 3 aromatic carbocycles. The van der Waals surface area contributed by atoms with Crippen molar-refractivity contribution in [2.75, 3.05) is 5.32 Å². The van der Waals surface area contributed by atoms with Gasteiger partial charge < -0.3 is 17.7 Å². The van der Waals surface area contributed by atoms with Crippen LogP contribution in [0.4, 0.5) is 11.5 Å². The molecule has 0 saturated heterocycles. The van der Waals surface area contributed by atoms with Gasteiger partial charge in [-0.15, -0.1) is 0 Å². The zero-order valence-corrected chi connectivity index (χ0v) is 16.5. The van der Waals surface area contributed by atoms with Gasteiger partial charge in [0.1, 0.15) is 5.82 Å². The predicted octanol–water partition coefficient (Wildman–Crippen LogP) is 2.90. The molecule has 1 heterocycles. The van der Waals surface area contributed by atoms with Gasteiger partial charge in [-0.05, 0) is 43.3 Å². The number of halogens is 2. The Kier molecular flexibility index (Phi) is 5.93. The average Bonchev–Trinajstić information content (AvgIpc) is 2.68. The molecule has 140 valence electrons. The number of fused-ring (bicyclic) bond motifs is 1. The van der Waals surface area contributed by atoms with Gasteiger partial charge in [-0.25, -0.2) is 9.97 Å². The minimum atomic E-state index is 0. The third-order valence-electron chi connectivity index (χ3n) is 4.25. The second kappa shape index (κ2) is 8.38. The molecule has 0 radical (unpaired) electrons. The van der Waals surface area contributed by atoms with Crippen molar-refractivity contribution in [3.8, 4) is 11.4 Å². The summed E-state index contributed by atoms with van der Waals surface area (Å²) in [5, 5.41) is 4.81. The number of nitrogens with one attached hydrogen (secondary N) is 1. The number of nitrogens with zero attached hydrogens (tertiary/aromatic N) is 2. The van der Waals surface area contributed by atoms with E-state index >= 15 is 0 Å². The van der Waals surface area contributed by atoms with Crippen LogP contribution in [0.25, 0.3) is 22.3 Å². The van der Waals surface area contributed by atoms with Crippen molar-refractivity contribution >= 4 is 39.8 Å². The van der Waals surface area contributed by atoms with E-state index in [1.54, 1.807) is 13.0 Å². The molecule has 0 fully saturated rings. The molecule has 0 aliphatic carbocycles. The van der Waals surface area contributed by atoms with Gasteiger partial charge in [0, 0.05) is 22.2 Å². The first kappa shape index (κ1) is 19.8. The summed E-state index contributed by atoms with van der Waals surface area (Å²) in [6.07, 6.45) is 0. The minimum Gasteiger partial charge on any atom is -1.00 e. The Morgan fingerprint density at radius 2 is 1.68 bits per heavy atom. The maximum absolute atomic E-state index is 11.7. The molecule has 1 aromatic heterocycles. The lowest BCUT2D eigenvalue weighted by atomic mass is 10.1. The Morgan fingerprint density at radius 1 is 0.929 bits per heavy atom.